The van der Waals surface area contributed by atoms with Crippen molar-refractivity contribution in [3.8, 4) is 5.75 Å². The molecule has 2 rings (SSSR count). The van der Waals surface area contributed by atoms with Crippen LogP contribution in [0.4, 0.5) is 5.69 Å². The lowest BCUT2D eigenvalue weighted by Crippen LogP contribution is -2.20. The van der Waals surface area contributed by atoms with Gasteiger partial charge in [-0.1, -0.05) is 36.4 Å². The number of aliphatic hydroxyl groups is 1. The molecule has 98 valence electrons. The van der Waals surface area contributed by atoms with Crippen LogP contribution in [0.3, 0.4) is 0 Å². The van der Waals surface area contributed by atoms with Crippen LogP contribution in [0.2, 0.25) is 0 Å². The first-order valence-corrected chi connectivity index (χ1v) is 5.88. The number of methoxy groups -OCH3 is 1. The van der Waals surface area contributed by atoms with Crippen molar-refractivity contribution in [2.24, 2.45) is 0 Å². The third-order valence-electron chi connectivity index (χ3n) is 2.70. The second-order valence-electron chi connectivity index (χ2n) is 4.03. The van der Waals surface area contributed by atoms with Crippen molar-refractivity contribution in [2.75, 3.05) is 12.4 Å². The summed E-state index contributed by atoms with van der Waals surface area (Å²) in [5.41, 5.74) is 1.14. The number of hydrogen-bond acceptors (Lipinski definition) is 3. The highest BCUT2D eigenvalue weighted by molar-refractivity contribution is 5.94. The number of rotatable bonds is 4. The fourth-order valence-electron chi connectivity index (χ4n) is 1.70. The predicted octanol–water partition coefficient (Wildman–Crippen LogP) is 2.37. The van der Waals surface area contributed by atoms with Crippen molar-refractivity contribution >= 4 is 11.6 Å². The Morgan fingerprint density at radius 2 is 1.89 bits per heavy atom. The lowest BCUT2D eigenvalue weighted by molar-refractivity contribution is -0.124. The molecule has 0 saturated carbocycles. The highest BCUT2D eigenvalue weighted by atomic mass is 16.5. The molecule has 0 aliphatic rings. The van der Waals surface area contributed by atoms with Crippen molar-refractivity contribution in [1.82, 2.24) is 0 Å². The van der Waals surface area contributed by atoms with Crippen LogP contribution in [0.25, 0.3) is 0 Å². The first-order chi connectivity index (χ1) is 9.20. The van der Waals surface area contributed by atoms with Crippen molar-refractivity contribution in [2.45, 2.75) is 6.10 Å². The summed E-state index contributed by atoms with van der Waals surface area (Å²) in [4.78, 5) is 11.9. The van der Waals surface area contributed by atoms with Gasteiger partial charge in [-0.3, -0.25) is 4.79 Å². The van der Waals surface area contributed by atoms with Crippen LogP contribution < -0.4 is 10.1 Å². The smallest absolute Gasteiger partial charge is 0.257 e. The van der Waals surface area contributed by atoms with Crippen LogP contribution in [0.1, 0.15) is 11.7 Å². The maximum absolute atomic E-state index is 11.9. The Labute approximate surface area is 111 Å². The minimum Gasteiger partial charge on any atom is -0.497 e. The molecule has 0 aliphatic carbocycles. The Morgan fingerprint density at radius 3 is 2.58 bits per heavy atom. The largest absolute Gasteiger partial charge is 0.497 e. The summed E-state index contributed by atoms with van der Waals surface area (Å²) in [5, 5.41) is 12.6. The SMILES string of the molecule is COc1cccc(NC(=O)C(O)c2ccccc2)c1. The summed E-state index contributed by atoms with van der Waals surface area (Å²) >= 11 is 0. The van der Waals surface area contributed by atoms with E-state index in [2.05, 4.69) is 5.32 Å². The van der Waals surface area contributed by atoms with Crippen molar-refractivity contribution in [3.05, 3.63) is 60.2 Å². The van der Waals surface area contributed by atoms with Gasteiger partial charge in [-0.25, -0.2) is 0 Å². The van der Waals surface area contributed by atoms with Crippen LogP contribution in [-0.4, -0.2) is 18.1 Å². The average molecular weight is 257 g/mol. The third kappa shape index (κ3) is 3.33. The van der Waals surface area contributed by atoms with Gasteiger partial charge in [0, 0.05) is 11.8 Å². The summed E-state index contributed by atoms with van der Waals surface area (Å²) in [6.45, 7) is 0. The predicted molar refractivity (Wildman–Crippen MR) is 73.0 cm³/mol. The number of nitrogens with one attached hydrogen (secondary N) is 1. The van der Waals surface area contributed by atoms with Gasteiger partial charge in [0.1, 0.15) is 5.75 Å². The maximum atomic E-state index is 11.9. The van der Waals surface area contributed by atoms with Crippen LogP contribution in [0, 0.1) is 0 Å². The number of benzene rings is 2. The van der Waals surface area contributed by atoms with Gasteiger partial charge in [-0.2, -0.15) is 0 Å². The lowest BCUT2D eigenvalue weighted by Gasteiger charge is -2.12. The van der Waals surface area contributed by atoms with E-state index >= 15 is 0 Å². The standard InChI is InChI=1S/C15H15NO3/c1-19-13-9-5-8-12(10-13)16-15(18)14(17)11-6-3-2-4-7-11/h2-10,14,17H,1H3,(H,16,18). The van der Waals surface area contributed by atoms with E-state index in [0.717, 1.165) is 0 Å². The molecule has 2 aromatic rings. The molecule has 0 aromatic heterocycles. The Hall–Kier alpha value is -2.33. The molecular weight excluding hydrogens is 242 g/mol. The summed E-state index contributed by atoms with van der Waals surface area (Å²) in [6, 6.07) is 15.8. The molecule has 0 fully saturated rings. The zero-order chi connectivity index (χ0) is 13.7. The highest BCUT2D eigenvalue weighted by Gasteiger charge is 2.16. The topological polar surface area (TPSA) is 58.6 Å². The molecule has 0 heterocycles. The van der Waals surface area contributed by atoms with Crippen LogP contribution >= 0.6 is 0 Å². The van der Waals surface area contributed by atoms with E-state index in [1.54, 1.807) is 55.6 Å². The molecule has 0 saturated heterocycles. The molecule has 1 atom stereocenters. The maximum Gasteiger partial charge on any atom is 0.257 e. The lowest BCUT2D eigenvalue weighted by atomic mass is 10.1. The molecule has 2 N–H and O–H groups in total. The molecule has 4 nitrogen and oxygen atoms in total. The number of aliphatic hydroxyl groups excluding tert-OH is 1. The molecule has 0 bridgehead atoms. The second kappa shape index (κ2) is 6.02. The fourth-order valence-corrected chi connectivity index (χ4v) is 1.70. The normalized spacial score (nSPS) is 11.7. The van der Waals surface area contributed by atoms with E-state index in [-0.39, 0.29) is 0 Å². The number of anilines is 1. The molecule has 19 heavy (non-hydrogen) atoms. The number of amides is 1. The first-order valence-electron chi connectivity index (χ1n) is 5.88. The fraction of sp³-hybridized carbons (Fsp3) is 0.133. The summed E-state index contributed by atoms with van der Waals surface area (Å²) in [5.74, 6) is 0.173. The third-order valence-corrected chi connectivity index (χ3v) is 2.70. The number of carbonyl (C=O) groups excluding carboxylic acids is 1. The highest BCUT2D eigenvalue weighted by Crippen LogP contribution is 2.19. The van der Waals surface area contributed by atoms with Crippen molar-refractivity contribution < 1.29 is 14.6 Å². The quantitative estimate of drug-likeness (QED) is 0.884. The van der Waals surface area contributed by atoms with Gasteiger partial charge >= 0.3 is 0 Å². The second-order valence-corrected chi connectivity index (χ2v) is 4.03. The van der Waals surface area contributed by atoms with Gasteiger partial charge in [0.2, 0.25) is 0 Å². The zero-order valence-corrected chi connectivity index (χ0v) is 10.5. The Morgan fingerprint density at radius 1 is 1.16 bits per heavy atom. The Bertz CT molecular complexity index is 554. The van der Waals surface area contributed by atoms with E-state index in [4.69, 9.17) is 4.74 Å². The van der Waals surface area contributed by atoms with Crippen LogP contribution in [0.15, 0.2) is 54.6 Å². The molecule has 0 aliphatic heterocycles. The molecule has 1 amide bonds. The van der Waals surface area contributed by atoms with Crippen molar-refractivity contribution in [3.63, 3.8) is 0 Å². The molecule has 2 aromatic carbocycles. The summed E-state index contributed by atoms with van der Waals surface area (Å²) < 4.78 is 5.07. The van der Waals surface area contributed by atoms with Crippen LogP contribution in [0.5, 0.6) is 5.75 Å². The van der Waals surface area contributed by atoms with E-state index in [9.17, 15) is 9.90 Å². The molecule has 4 heteroatoms. The Balaban J connectivity index is 2.08. The number of ether oxygens (including phenoxy) is 1. The van der Waals surface area contributed by atoms with E-state index in [0.29, 0.717) is 17.0 Å². The Kier molecular flexibility index (Phi) is 4.15. The van der Waals surface area contributed by atoms with Gasteiger partial charge in [-0.05, 0) is 17.7 Å². The zero-order valence-electron chi connectivity index (χ0n) is 10.5. The molecular formula is C15H15NO3. The molecule has 0 radical (unpaired) electrons. The van der Waals surface area contributed by atoms with Crippen molar-refractivity contribution in [1.29, 1.82) is 0 Å². The average Bonchev–Trinajstić information content (AvgIpc) is 2.47. The number of hydrogen-bond donors (Lipinski definition) is 2. The summed E-state index contributed by atoms with van der Waals surface area (Å²) in [6.07, 6.45) is -1.19. The minimum absolute atomic E-state index is 0.473. The minimum atomic E-state index is -1.19. The monoisotopic (exact) mass is 257 g/mol. The van der Waals surface area contributed by atoms with E-state index in [1.165, 1.54) is 0 Å². The summed E-state index contributed by atoms with van der Waals surface area (Å²) in [7, 11) is 1.56. The van der Waals surface area contributed by atoms with Gasteiger partial charge in [0.15, 0.2) is 6.10 Å². The van der Waals surface area contributed by atoms with E-state index < -0.39 is 12.0 Å². The van der Waals surface area contributed by atoms with E-state index in [1.807, 2.05) is 6.07 Å². The van der Waals surface area contributed by atoms with Gasteiger partial charge in [0.25, 0.3) is 5.91 Å². The molecule has 0 spiro atoms. The van der Waals surface area contributed by atoms with Gasteiger partial charge < -0.3 is 15.2 Å². The van der Waals surface area contributed by atoms with Crippen LogP contribution in [-0.2, 0) is 4.79 Å². The number of carbonyl (C=O) groups is 1. The first kappa shape index (κ1) is 13.1. The van der Waals surface area contributed by atoms with Gasteiger partial charge in [-0.15, -0.1) is 0 Å². The molecule has 1 unspecified atom stereocenters. The van der Waals surface area contributed by atoms with Gasteiger partial charge in [0.05, 0.1) is 7.11 Å².